The third-order valence-electron chi connectivity index (χ3n) is 5.17. The summed E-state index contributed by atoms with van der Waals surface area (Å²) in [6.45, 7) is 6.81. The highest BCUT2D eigenvalue weighted by molar-refractivity contribution is 5.76. The first-order chi connectivity index (χ1) is 12.7. The average molecular weight is 356 g/mol. The van der Waals surface area contributed by atoms with E-state index in [-0.39, 0.29) is 0 Å². The molecule has 0 aromatic heterocycles. The maximum absolute atomic E-state index is 12.5. The van der Waals surface area contributed by atoms with Crippen molar-refractivity contribution in [2.75, 3.05) is 26.2 Å². The van der Waals surface area contributed by atoms with E-state index in [1.165, 1.54) is 37.7 Å². The van der Waals surface area contributed by atoms with E-state index >= 15 is 0 Å². The zero-order valence-corrected chi connectivity index (χ0v) is 16.3. The molecule has 4 nitrogen and oxygen atoms in total. The second-order valence-electron chi connectivity index (χ2n) is 7.34. The highest BCUT2D eigenvalue weighted by Crippen LogP contribution is 2.13. The number of nitrogens with zero attached hydrogens (tertiary/aromatic N) is 3. The molecule has 1 amide bonds. The molecule has 1 heterocycles. The van der Waals surface area contributed by atoms with E-state index in [9.17, 15) is 4.79 Å². The lowest BCUT2D eigenvalue weighted by Crippen LogP contribution is -2.34. The number of benzene rings is 1. The van der Waals surface area contributed by atoms with Crippen LogP contribution in [0.4, 0.5) is 0 Å². The van der Waals surface area contributed by atoms with Crippen molar-refractivity contribution in [2.45, 2.75) is 64.8 Å². The number of hydrogen-bond acceptors (Lipinski definition) is 3. The van der Waals surface area contributed by atoms with E-state index in [1.54, 1.807) is 0 Å². The Labute approximate surface area is 158 Å². The lowest BCUT2D eigenvalue weighted by molar-refractivity contribution is -0.131. The molecule has 1 fully saturated rings. The van der Waals surface area contributed by atoms with Gasteiger partial charge in [0.1, 0.15) is 0 Å². The Hall–Kier alpha value is -1.86. The van der Waals surface area contributed by atoms with Gasteiger partial charge in [-0.1, -0.05) is 51.2 Å². The van der Waals surface area contributed by atoms with Gasteiger partial charge in [0, 0.05) is 39.1 Å². The van der Waals surface area contributed by atoms with Gasteiger partial charge in [0.15, 0.2) is 0 Å². The number of unbranched alkanes of at least 4 members (excludes halogenated alkanes) is 5. The van der Waals surface area contributed by atoms with Crippen LogP contribution >= 0.6 is 0 Å². The summed E-state index contributed by atoms with van der Waals surface area (Å²) < 4.78 is 0. The summed E-state index contributed by atoms with van der Waals surface area (Å²) >= 11 is 0. The van der Waals surface area contributed by atoms with Crippen molar-refractivity contribution in [3.05, 3.63) is 35.4 Å². The van der Waals surface area contributed by atoms with Crippen molar-refractivity contribution in [3.8, 4) is 6.07 Å². The van der Waals surface area contributed by atoms with Crippen LogP contribution in [0.25, 0.3) is 0 Å². The molecule has 0 spiro atoms. The minimum absolute atomic E-state index is 0.334. The largest absolute Gasteiger partial charge is 0.341 e. The fourth-order valence-corrected chi connectivity index (χ4v) is 3.54. The van der Waals surface area contributed by atoms with Crippen LogP contribution in [0.5, 0.6) is 0 Å². The quantitative estimate of drug-likeness (QED) is 0.619. The Balaban J connectivity index is 1.69. The van der Waals surface area contributed by atoms with Gasteiger partial charge in [0.25, 0.3) is 0 Å². The van der Waals surface area contributed by atoms with Crippen LogP contribution in [-0.2, 0) is 11.3 Å². The summed E-state index contributed by atoms with van der Waals surface area (Å²) in [5, 5.41) is 8.89. The van der Waals surface area contributed by atoms with Gasteiger partial charge in [0.05, 0.1) is 11.6 Å². The van der Waals surface area contributed by atoms with Crippen LogP contribution in [-0.4, -0.2) is 41.9 Å². The molecule has 0 bridgehead atoms. The fourth-order valence-electron chi connectivity index (χ4n) is 3.54. The highest BCUT2D eigenvalue weighted by atomic mass is 16.2. The Kier molecular flexibility index (Phi) is 9.20. The van der Waals surface area contributed by atoms with Gasteiger partial charge < -0.3 is 4.90 Å². The van der Waals surface area contributed by atoms with Gasteiger partial charge in [-0.15, -0.1) is 0 Å². The number of carbonyl (C=O) groups excluding carboxylic acids is 1. The molecule has 1 aliphatic heterocycles. The van der Waals surface area contributed by atoms with Crippen LogP contribution in [0.3, 0.4) is 0 Å². The van der Waals surface area contributed by atoms with Gasteiger partial charge in [-0.05, 0) is 30.5 Å². The number of amides is 1. The minimum Gasteiger partial charge on any atom is -0.341 e. The average Bonchev–Trinajstić information content (AvgIpc) is 2.91. The molecule has 0 saturated carbocycles. The molecule has 0 unspecified atom stereocenters. The number of nitriles is 1. The Morgan fingerprint density at radius 1 is 1.00 bits per heavy atom. The third-order valence-corrected chi connectivity index (χ3v) is 5.17. The van der Waals surface area contributed by atoms with Gasteiger partial charge in [0.2, 0.25) is 5.91 Å². The van der Waals surface area contributed by atoms with E-state index in [1.807, 2.05) is 24.3 Å². The zero-order valence-electron chi connectivity index (χ0n) is 16.3. The van der Waals surface area contributed by atoms with Crippen molar-refractivity contribution in [3.63, 3.8) is 0 Å². The third kappa shape index (κ3) is 7.17. The van der Waals surface area contributed by atoms with Crippen LogP contribution in [0, 0.1) is 11.3 Å². The van der Waals surface area contributed by atoms with Gasteiger partial charge in [-0.3, -0.25) is 9.69 Å². The molecule has 1 aliphatic rings. The minimum atomic E-state index is 0.334. The van der Waals surface area contributed by atoms with Crippen molar-refractivity contribution < 1.29 is 4.79 Å². The first-order valence-electron chi connectivity index (χ1n) is 10.2. The summed E-state index contributed by atoms with van der Waals surface area (Å²) in [7, 11) is 0. The van der Waals surface area contributed by atoms with E-state index in [0.29, 0.717) is 17.9 Å². The van der Waals surface area contributed by atoms with E-state index in [0.717, 1.165) is 45.6 Å². The van der Waals surface area contributed by atoms with Crippen molar-refractivity contribution >= 4 is 5.91 Å². The van der Waals surface area contributed by atoms with Crippen molar-refractivity contribution in [2.24, 2.45) is 0 Å². The van der Waals surface area contributed by atoms with E-state index in [4.69, 9.17) is 5.26 Å². The maximum atomic E-state index is 12.5. The lowest BCUT2D eigenvalue weighted by atomic mass is 10.1. The highest BCUT2D eigenvalue weighted by Gasteiger charge is 2.18. The lowest BCUT2D eigenvalue weighted by Gasteiger charge is -2.22. The fraction of sp³-hybridized carbons (Fsp3) is 0.636. The molecule has 1 aromatic carbocycles. The number of rotatable bonds is 9. The molecule has 0 radical (unpaired) electrons. The second kappa shape index (κ2) is 11.7. The molecule has 142 valence electrons. The predicted octanol–water partition coefficient (Wildman–Crippen LogP) is 4.34. The molecule has 0 N–H and O–H groups in total. The van der Waals surface area contributed by atoms with Gasteiger partial charge >= 0.3 is 0 Å². The first-order valence-corrected chi connectivity index (χ1v) is 10.2. The standard InChI is InChI=1S/C22H33N3O/c1-2-3-4-5-6-7-9-22(26)25-15-8-14-24(16-17-25)19-21-12-10-20(18-23)11-13-21/h10-13H,2-9,14-17,19H2,1H3. The summed E-state index contributed by atoms with van der Waals surface area (Å²) in [4.78, 5) is 16.9. The maximum Gasteiger partial charge on any atom is 0.222 e. The summed E-state index contributed by atoms with van der Waals surface area (Å²) in [5.41, 5.74) is 1.94. The SMILES string of the molecule is CCCCCCCCC(=O)N1CCCN(Cc2ccc(C#N)cc2)CC1. The Bertz CT molecular complexity index is 576. The molecular weight excluding hydrogens is 322 g/mol. The van der Waals surface area contributed by atoms with E-state index in [2.05, 4.69) is 22.8 Å². The van der Waals surface area contributed by atoms with Crippen LogP contribution in [0.1, 0.15) is 69.4 Å². The number of hydrogen-bond donors (Lipinski definition) is 0. The van der Waals surface area contributed by atoms with Crippen LogP contribution < -0.4 is 0 Å². The normalized spacial score (nSPS) is 15.5. The summed E-state index contributed by atoms with van der Waals surface area (Å²) in [5.74, 6) is 0.334. The molecule has 1 aromatic rings. The predicted molar refractivity (Wildman–Crippen MR) is 106 cm³/mol. The summed E-state index contributed by atoms with van der Waals surface area (Å²) in [6, 6.07) is 9.98. The van der Waals surface area contributed by atoms with E-state index < -0.39 is 0 Å². The molecule has 4 heteroatoms. The molecule has 0 atom stereocenters. The topological polar surface area (TPSA) is 47.3 Å². The van der Waals surface area contributed by atoms with Crippen molar-refractivity contribution in [1.82, 2.24) is 9.80 Å². The zero-order chi connectivity index (χ0) is 18.6. The Morgan fingerprint density at radius 3 is 2.46 bits per heavy atom. The van der Waals surface area contributed by atoms with Crippen molar-refractivity contribution in [1.29, 1.82) is 5.26 Å². The van der Waals surface area contributed by atoms with Gasteiger partial charge in [-0.2, -0.15) is 5.26 Å². The number of carbonyl (C=O) groups is 1. The molecular formula is C22H33N3O. The van der Waals surface area contributed by atoms with Crippen LogP contribution in [0.15, 0.2) is 24.3 Å². The second-order valence-corrected chi connectivity index (χ2v) is 7.34. The Morgan fingerprint density at radius 2 is 1.73 bits per heavy atom. The summed E-state index contributed by atoms with van der Waals surface area (Å²) in [6.07, 6.45) is 9.12. The smallest absolute Gasteiger partial charge is 0.222 e. The molecule has 26 heavy (non-hydrogen) atoms. The van der Waals surface area contributed by atoms with Gasteiger partial charge in [-0.25, -0.2) is 0 Å². The van der Waals surface area contributed by atoms with Crippen LogP contribution in [0.2, 0.25) is 0 Å². The molecule has 2 rings (SSSR count). The first kappa shape index (κ1) is 20.5. The molecule has 0 aliphatic carbocycles. The molecule has 1 saturated heterocycles. The monoisotopic (exact) mass is 355 g/mol.